The molecule has 1 aromatic rings. The Kier molecular flexibility index (Phi) is 12.1. The number of ether oxygens (including phenoxy) is 2. The van der Waals surface area contributed by atoms with E-state index in [1.54, 1.807) is 7.05 Å². The van der Waals surface area contributed by atoms with Crippen LogP contribution in [0.2, 0.25) is 0 Å². The molecule has 1 aliphatic rings. The maximum absolute atomic E-state index is 12.0. The SMILES string of the molecule is CCN(CC)CCOc1ccccc1CNC(=NC)N1CC(C)C(C(=O)OC)C1.I. The predicted octanol–water partition coefficient (Wildman–Crippen LogP) is 2.84. The largest absolute Gasteiger partial charge is 0.492 e. The number of nitrogens with zero attached hydrogens (tertiary/aromatic N) is 3. The highest BCUT2D eigenvalue weighted by Crippen LogP contribution is 2.24. The molecule has 1 N–H and O–H groups in total. The minimum atomic E-state index is -0.151. The van der Waals surface area contributed by atoms with Crippen molar-refractivity contribution in [1.82, 2.24) is 15.1 Å². The van der Waals surface area contributed by atoms with Gasteiger partial charge in [-0.3, -0.25) is 9.79 Å². The van der Waals surface area contributed by atoms with Crippen molar-refractivity contribution in [3.05, 3.63) is 29.8 Å². The van der Waals surface area contributed by atoms with E-state index in [4.69, 9.17) is 9.47 Å². The molecule has 0 bridgehead atoms. The molecule has 0 radical (unpaired) electrons. The molecule has 0 spiro atoms. The maximum atomic E-state index is 12.0. The topological polar surface area (TPSA) is 66.4 Å². The van der Waals surface area contributed by atoms with Crippen LogP contribution in [0.5, 0.6) is 5.75 Å². The van der Waals surface area contributed by atoms with Gasteiger partial charge < -0.3 is 24.6 Å². The number of para-hydroxylation sites is 1. The van der Waals surface area contributed by atoms with Crippen molar-refractivity contribution in [3.8, 4) is 5.75 Å². The van der Waals surface area contributed by atoms with Crippen LogP contribution >= 0.6 is 24.0 Å². The highest BCUT2D eigenvalue weighted by Gasteiger charge is 2.36. The lowest BCUT2D eigenvalue weighted by Gasteiger charge is -2.22. The third-order valence-corrected chi connectivity index (χ3v) is 5.60. The van der Waals surface area contributed by atoms with Gasteiger partial charge in [-0.25, -0.2) is 0 Å². The lowest BCUT2D eigenvalue weighted by atomic mass is 9.99. The van der Waals surface area contributed by atoms with E-state index < -0.39 is 0 Å². The quantitative estimate of drug-likeness (QED) is 0.229. The molecule has 1 aromatic carbocycles. The number of rotatable bonds is 9. The first-order chi connectivity index (χ1) is 14.0. The smallest absolute Gasteiger partial charge is 0.310 e. The third kappa shape index (κ3) is 7.30. The van der Waals surface area contributed by atoms with Gasteiger partial charge in [-0.2, -0.15) is 0 Å². The van der Waals surface area contributed by atoms with Crippen LogP contribution in [0.25, 0.3) is 0 Å². The molecule has 1 saturated heterocycles. The van der Waals surface area contributed by atoms with Gasteiger partial charge in [0.2, 0.25) is 0 Å². The second-order valence-corrected chi connectivity index (χ2v) is 7.40. The van der Waals surface area contributed by atoms with Gasteiger partial charge in [0.1, 0.15) is 12.4 Å². The average Bonchev–Trinajstić information content (AvgIpc) is 3.13. The number of likely N-dealkylation sites (N-methyl/N-ethyl adjacent to an activating group) is 1. The first kappa shape index (κ1) is 26.5. The van der Waals surface area contributed by atoms with Crippen molar-refractivity contribution in [3.63, 3.8) is 0 Å². The number of halogens is 1. The first-order valence-electron chi connectivity index (χ1n) is 10.5. The maximum Gasteiger partial charge on any atom is 0.310 e. The van der Waals surface area contributed by atoms with Crippen LogP contribution in [0, 0.1) is 11.8 Å². The van der Waals surface area contributed by atoms with E-state index in [9.17, 15) is 4.79 Å². The predicted molar refractivity (Wildman–Crippen MR) is 132 cm³/mol. The lowest BCUT2D eigenvalue weighted by Crippen LogP contribution is -2.40. The molecule has 0 saturated carbocycles. The first-order valence-corrected chi connectivity index (χ1v) is 10.5. The number of aliphatic imine (C=N–C) groups is 1. The molecule has 0 amide bonds. The molecular weight excluding hydrogens is 495 g/mol. The van der Waals surface area contributed by atoms with Crippen LogP contribution in [-0.4, -0.2) is 75.2 Å². The normalized spacial score (nSPS) is 18.9. The number of hydrogen-bond acceptors (Lipinski definition) is 5. The Bertz CT molecular complexity index is 682. The summed E-state index contributed by atoms with van der Waals surface area (Å²) in [6.45, 7) is 12.1. The summed E-state index contributed by atoms with van der Waals surface area (Å²) >= 11 is 0. The van der Waals surface area contributed by atoms with Crippen LogP contribution in [0.15, 0.2) is 29.3 Å². The molecule has 1 heterocycles. The van der Waals surface area contributed by atoms with Gasteiger partial charge in [0.15, 0.2) is 5.96 Å². The van der Waals surface area contributed by atoms with E-state index in [1.165, 1.54) is 7.11 Å². The molecule has 1 aliphatic heterocycles. The summed E-state index contributed by atoms with van der Waals surface area (Å²) in [5.41, 5.74) is 1.09. The number of carbonyl (C=O) groups excluding carboxylic acids is 1. The molecule has 2 atom stereocenters. The molecule has 170 valence electrons. The highest BCUT2D eigenvalue weighted by molar-refractivity contribution is 14.0. The van der Waals surface area contributed by atoms with Crippen LogP contribution in [0.1, 0.15) is 26.3 Å². The number of methoxy groups -OCH3 is 1. The molecular formula is C22H37IN4O3. The number of hydrogen-bond donors (Lipinski definition) is 1. The number of carbonyl (C=O) groups is 1. The Morgan fingerprint density at radius 3 is 2.60 bits per heavy atom. The summed E-state index contributed by atoms with van der Waals surface area (Å²) in [6, 6.07) is 8.08. The Morgan fingerprint density at radius 2 is 1.97 bits per heavy atom. The van der Waals surface area contributed by atoms with Crippen LogP contribution in [-0.2, 0) is 16.1 Å². The third-order valence-electron chi connectivity index (χ3n) is 5.60. The summed E-state index contributed by atoms with van der Waals surface area (Å²) < 4.78 is 11.0. The van der Waals surface area contributed by atoms with Gasteiger partial charge in [-0.15, -0.1) is 24.0 Å². The fourth-order valence-electron chi connectivity index (χ4n) is 3.72. The van der Waals surface area contributed by atoms with Crippen molar-refractivity contribution >= 4 is 35.9 Å². The summed E-state index contributed by atoms with van der Waals surface area (Å²) in [4.78, 5) is 20.8. The molecule has 0 aliphatic carbocycles. The summed E-state index contributed by atoms with van der Waals surface area (Å²) in [7, 11) is 3.22. The average molecular weight is 532 g/mol. The minimum absolute atomic E-state index is 0. The van der Waals surface area contributed by atoms with Crippen molar-refractivity contribution in [1.29, 1.82) is 0 Å². The van der Waals surface area contributed by atoms with E-state index in [-0.39, 0.29) is 41.8 Å². The summed E-state index contributed by atoms with van der Waals surface area (Å²) in [5.74, 6) is 1.65. The van der Waals surface area contributed by atoms with E-state index in [2.05, 4.69) is 46.9 Å². The van der Waals surface area contributed by atoms with Gasteiger partial charge >= 0.3 is 5.97 Å². The van der Waals surface area contributed by atoms with Gasteiger partial charge in [0.05, 0.1) is 13.0 Å². The van der Waals surface area contributed by atoms with Crippen LogP contribution in [0.3, 0.4) is 0 Å². The Morgan fingerprint density at radius 1 is 1.27 bits per heavy atom. The van der Waals surface area contributed by atoms with Crippen molar-refractivity contribution in [2.45, 2.75) is 27.3 Å². The van der Waals surface area contributed by atoms with Crippen LogP contribution in [0.4, 0.5) is 0 Å². The summed E-state index contributed by atoms with van der Waals surface area (Å²) in [6.07, 6.45) is 0. The number of nitrogens with one attached hydrogen (secondary N) is 1. The molecule has 2 unspecified atom stereocenters. The van der Waals surface area contributed by atoms with E-state index in [1.807, 2.05) is 18.2 Å². The van der Waals surface area contributed by atoms with E-state index in [0.717, 1.165) is 43.5 Å². The Labute approximate surface area is 198 Å². The molecule has 7 nitrogen and oxygen atoms in total. The van der Waals surface area contributed by atoms with Gasteiger partial charge in [0, 0.05) is 38.8 Å². The molecule has 2 rings (SSSR count). The molecule has 30 heavy (non-hydrogen) atoms. The van der Waals surface area contributed by atoms with E-state index >= 15 is 0 Å². The molecule has 8 heteroatoms. The van der Waals surface area contributed by atoms with Gasteiger partial charge in [0.25, 0.3) is 0 Å². The zero-order valence-electron chi connectivity index (χ0n) is 18.9. The number of likely N-dealkylation sites (tertiary alicyclic amines) is 1. The number of esters is 1. The zero-order chi connectivity index (χ0) is 21.2. The minimum Gasteiger partial charge on any atom is -0.492 e. The van der Waals surface area contributed by atoms with E-state index in [0.29, 0.717) is 19.7 Å². The van der Waals surface area contributed by atoms with Crippen molar-refractivity contribution in [2.24, 2.45) is 16.8 Å². The molecule has 0 aromatic heterocycles. The monoisotopic (exact) mass is 532 g/mol. The second-order valence-electron chi connectivity index (χ2n) is 7.40. The molecule has 1 fully saturated rings. The lowest BCUT2D eigenvalue weighted by molar-refractivity contribution is -0.145. The standard InChI is InChI=1S/C22H36N4O3.HI/c1-6-25(7-2)12-13-29-20-11-9-8-10-18(20)14-24-22(23-4)26-15-17(3)19(16-26)21(27)28-5;/h8-11,17,19H,6-7,12-16H2,1-5H3,(H,23,24);1H. The number of benzene rings is 1. The van der Waals surface area contributed by atoms with Gasteiger partial charge in [-0.05, 0) is 25.1 Å². The van der Waals surface area contributed by atoms with Gasteiger partial charge in [-0.1, -0.05) is 39.0 Å². The summed E-state index contributed by atoms with van der Waals surface area (Å²) in [5, 5.41) is 3.42. The fraction of sp³-hybridized carbons (Fsp3) is 0.636. The van der Waals surface area contributed by atoms with Crippen molar-refractivity contribution in [2.75, 3.05) is 53.5 Å². The fourth-order valence-corrected chi connectivity index (χ4v) is 3.72. The highest BCUT2D eigenvalue weighted by atomic mass is 127. The Balaban J connectivity index is 0.00000450. The second kappa shape index (κ2) is 13.7. The Hall–Kier alpha value is -1.55. The number of guanidine groups is 1. The zero-order valence-corrected chi connectivity index (χ0v) is 21.2. The van der Waals surface area contributed by atoms with Crippen LogP contribution < -0.4 is 10.1 Å². The van der Waals surface area contributed by atoms with Crippen molar-refractivity contribution < 1.29 is 14.3 Å².